The van der Waals surface area contributed by atoms with Crippen molar-refractivity contribution in [3.63, 3.8) is 0 Å². The first kappa shape index (κ1) is 14.4. The minimum Gasteiger partial charge on any atom is -0.314 e. The van der Waals surface area contributed by atoms with Gasteiger partial charge in [-0.15, -0.1) is 0 Å². The Morgan fingerprint density at radius 2 is 1.67 bits per heavy atom. The zero-order valence-corrected chi connectivity index (χ0v) is 12.6. The Labute approximate surface area is 114 Å². The Hall–Kier alpha value is -0.0400. The SMILES string of the molecule is CCNC(CCC1CCCC1)C1CCC(C)CC1. The molecule has 1 unspecified atom stereocenters. The lowest BCUT2D eigenvalue weighted by atomic mass is 9.77. The molecule has 0 heterocycles. The van der Waals surface area contributed by atoms with Crippen molar-refractivity contribution >= 4 is 0 Å². The summed E-state index contributed by atoms with van der Waals surface area (Å²) in [6.07, 6.45) is 14.8. The Morgan fingerprint density at radius 3 is 2.28 bits per heavy atom. The van der Waals surface area contributed by atoms with Crippen LogP contribution in [0, 0.1) is 17.8 Å². The van der Waals surface area contributed by atoms with Gasteiger partial charge in [-0.05, 0) is 50.0 Å². The molecular formula is C17H33N. The summed E-state index contributed by atoms with van der Waals surface area (Å²) in [5, 5.41) is 3.79. The molecule has 2 saturated carbocycles. The summed E-state index contributed by atoms with van der Waals surface area (Å²) >= 11 is 0. The van der Waals surface area contributed by atoms with Crippen LogP contribution in [-0.2, 0) is 0 Å². The fourth-order valence-corrected chi connectivity index (χ4v) is 4.17. The first-order chi connectivity index (χ1) is 8.79. The van der Waals surface area contributed by atoms with Crippen LogP contribution in [0.4, 0.5) is 0 Å². The van der Waals surface area contributed by atoms with Crippen molar-refractivity contribution in [1.82, 2.24) is 5.32 Å². The van der Waals surface area contributed by atoms with Crippen molar-refractivity contribution in [2.24, 2.45) is 17.8 Å². The summed E-state index contributed by atoms with van der Waals surface area (Å²) in [4.78, 5) is 0. The molecule has 1 nitrogen and oxygen atoms in total. The highest BCUT2D eigenvalue weighted by Gasteiger charge is 2.26. The number of hydrogen-bond acceptors (Lipinski definition) is 1. The third-order valence-electron chi connectivity index (χ3n) is 5.46. The van der Waals surface area contributed by atoms with Crippen LogP contribution < -0.4 is 5.32 Å². The topological polar surface area (TPSA) is 12.0 Å². The van der Waals surface area contributed by atoms with Crippen molar-refractivity contribution in [2.75, 3.05) is 6.54 Å². The number of hydrogen-bond donors (Lipinski definition) is 1. The molecule has 0 radical (unpaired) electrons. The maximum atomic E-state index is 3.79. The zero-order chi connectivity index (χ0) is 12.8. The predicted octanol–water partition coefficient (Wildman–Crippen LogP) is 4.76. The van der Waals surface area contributed by atoms with Gasteiger partial charge in [0.2, 0.25) is 0 Å². The molecule has 1 atom stereocenters. The number of nitrogens with one attached hydrogen (secondary N) is 1. The quantitative estimate of drug-likeness (QED) is 0.717. The van der Waals surface area contributed by atoms with E-state index in [0.717, 1.165) is 30.3 Å². The van der Waals surface area contributed by atoms with Gasteiger partial charge in [-0.3, -0.25) is 0 Å². The molecule has 0 spiro atoms. The molecule has 0 aromatic heterocycles. The molecule has 106 valence electrons. The van der Waals surface area contributed by atoms with Gasteiger partial charge in [0.25, 0.3) is 0 Å². The lowest BCUT2D eigenvalue weighted by Crippen LogP contribution is -2.38. The van der Waals surface area contributed by atoms with Crippen molar-refractivity contribution in [3.8, 4) is 0 Å². The summed E-state index contributed by atoms with van der Waals surface area (Å²) in [7, 11) is 0. The van der Waals surface area contributed by atoms with E-state index in [1.54, 1.807) is 0 Å². The Morgan fingerprint density at radius 1 is 1.00 bits per heavy atom. The highest BCUT2D eigenvalue weighted by atomic mass is 14.9. The molecule has 0 saturated heterocycles. The molecule has 1 N–H and O–H groups in total. The van der Waals surface area contributed by atoms with Crippen LogP contribution in [0.2, 0.25) is 0 Å². The smallest absolute Gasteiger partial charge is 0.00953 e. The first-order valence-corrected chi connectivity index (χ1v) is 8.53. The van der Waals surface area contributed by atoms with Gasteiger partial charge in [0, 0.05) is 6.04 Å². The van der Waals surface area contributed by atoms with E-state index in [1.165, 1.54) is 64.2 Å². The molecule has 0 amide bonds. The second-order valence-corrected chi connectivity index (χ2v) is 6.91. The van der Waals surface area contributed by atoms with Crippen molar-refractivity contribution < 1.29 is 0 Å². The zero-order valence-electron chi connectivity index (χ0n) is 12.6. The van der Waals surface area contributed by atoms with Crippen LogP contribution in [0.15, 0.2) is 0 Å². The summed E-state index contributed by atoms with van der Waals surface area (Å²) in [5.74, 6) is 3.02. The molecule has 18 heavy (non-hydrogen) atoms. The molecule has 2 aliphatic rings. The lowest BCUT2D eigenvalue weighted by molar-refractivity contribution is 0.216. The van der Waals surface area contributed by atoms with Gasteiger partial charge in [-0.25, -0.2) is 0 Å². The molecule has 2 aliphatic carbocycles. The minimum absolute atomic E-state index is 0.822. The van der Waals surface area contributed by atoms with Gasteiger partial charge < -0.3 is 5.32 Å². The third kappa shape index (κ3) is 4.26. The average Bonchev–Trinajstić information content (AvgIpc) is 2.89. The van der Waals surface area contributed by atoms with E-state index in [2.05, 4.69) is 19.2 Å². The molecule has 2 fully saturated rings. The summed E-state index contributed by atoms with van der Waals surface area (Å²) in [6, 6.07) is 0.822. The first-order valence-electron chi connectivity index (χ1n) is 8.53. The minimum atomic E-state index is 0.822. The van der Waals surface area contributed by atoms with Crippen LogP contribution >= 0.6 is 0 Å². The Kier molecular flexibility index (Phi) is 6.01. The fraction of sp³-hybridized carbons (Fsp3) is 1.00. The van der Waals surface area contributed by atoms with E-state index in [0.29, 0.717) is 0 Å². The largest absolute Gasteiger partial charge is 0.314 e. The highest BCUT2D eigenvalue weighted by molar-refractivity contribution is 4.82. The number of rotatable bonds is 6. The summed E-state index contributed by atoms with van der Waals surface area (Å²) in [6.45, 7) is 5.85. The van der Waals surface area contributed by atoms with E-state index in [1.807, 2.05) is 0 Å². The van der Waals surface area contributed by atoms with Gasteiger partial charge in [0.15, 0.2) is 0 Å². The monoisotopic (exact) mass is 251 g/mol. The summed E-state index contributed by atoms with van der Waals surface area (Å²) in [5.41, 5.74) is 0. The van der Waals surface area contributed by atoms with Crippen molar-refractivity contribution in [1.29, 1.82) is 0 Å². The Balaban J connectivity index is 1.75. The molecule has 0 aromatic carbocycles. The van der Waals surface area contributed by atoms with Gasteiger partial charge in [0.05, 0.1) is 0 Å². The second-order valence-electron chi connectivity index (χ2n) is 6.91. The van der Waals surface area contributed by atoms with Crippen LogP contribution in [0.5, 0.6) is 0 Å². The van der Waals surface area contributed by atoms with Gasteiger partial charge in [-0.2, -0.15) is 0 Å². The lowest BCUT2D eigenvalue weighted by Gasteiger charge is -2.33. The van der Waals surface area contributed by atoms with Crippen molar-refractivity contribution in [3.05, 3.63) is 0 Å². The van der Waals surface area contributed by atoms with E-state index < -0.39 is 0 Å². The van der Waals surface area contributed by atoms with E-state index >= 15 is 0 Å². The Bertz CT molecular complexity index is 212. The van der Waals surface area contributed by atoms with Gasteiger partial charge in [-0.1, -0.05) is 52.4 Å². The molecule has 1 heteroatoms. The van der Waals surface area contributed by atoms with Crippen LogP contribution in [0.1, 0.15) is 78.1 Å². The normalized spacial score (nSPS) is 31.7. The predicted molar refractivity (Wildman–Crippen MR) is 79.8 cm³/mol. The van der Waals surface area contributed by atoms with E-state index in [4.69, 9.17) is 0 Å². The van der Waals surface area contributed by atoms with Gasteiger partial charge in [0.1, 0.15) is 0 Å². The maximum Gasteiger partial charge on any atom is 0.00953 e. The maximum absolute atomic E-state index is 3.79. The molecule has 0 bridgehead atoms. The van der Waals surface area contributed by atoms with E-state index in [-0.39, 0.29) is 0 Å². The second kappa shape index (κ2) is 7.53. The fourth-order valence-electron chi connectivity index (χ4n) is 4.17. The average molecular weight is 251 g/mol. The van der Waals surface area contributed by atoms with Crippen LogP contribution in [0.25, 0.3) is 0 Å². The summed E-state index contributed by atoms with van der Waals surface area (Å²) < 4.78 is 0. The third-order valence-corrected chi connectivity index (χ3v) is 5.46. The van der Waals surface area contributed by atoms with E-state index in [9.17, 15) is 0 Å². The highest BCUT2D eigenvalue weighted by Crippen LogP contribution is 2.34. The molecule has 0 aromatic rings. The molecule has 0 aliphatic heterocycles. The molecule has 2 rings (SSSR count). The standard InChI is InChI=1S/C17H33N/c1-3-18-17(13-10-15-6-4-5-7-15)16-11-8-14(2)9-12-16/h14-18H,3-13H2,1-2H3. The van der Waals surface area contributed by atoms with Gasteiger partial charge >= 0.3 is 0 Å². The molecular weight excluding hydrogens is 218 g/mol. The van der Waals surface area contributed by atoms with Crippen LogP contribution in [-0.4, -0.2) is 12.6 Å². The van der Waals surface area contributed by atoms with Crippen LogP contribution in [0.3, 0.4) is 0 Å². The van der Waals surface area contributed by atoms with Crippen molar-refractivity contribution in [2.45, 2.75) is 84.1 Å².